The van der Waals surface area contributed by atoms with E-state index in [0.29, 0.717) is 15.7 Å². The molecule has 1 aromatic heterocycles. The number of carboxylic acid groups (broad SMARTS) is 1. The fraction of sp³-hybridized carbons (Fsp3) is 0.556. The van der Waals surface area contributed by atoms with Crippen LogP contribution in [0.3, 0.4) is 0 Å². The molecule has 0 saturated heterocycles. The van der Waals surface area contributed by atoms with Crippen molar-refractivity contribution in [3.63, 3.8) is 0 Å². The Kier molecular flexibility index (Phi) is 4.05. The molecule has 0 atom stereocenters. The van der Waals surface area contributed by atoms with Crippen LogP contribution in [0.1, 0.15) is 15.4 Å². The minimum atomic E-state index is -0.911. The Balaban J connectivity index is 2.56. The molecule has 0 bridgehead atoms. The maximum absolute atomic E-state index is 10.8. The Bertz CT molecular complexity index is 349. The van der Waals surface area contributed by atoms with E-state index in [2.05, 4.69) is 10.3 Å². The van der Waals surface area contributed by atoms with Gasteiger partial charge in [-0.25, -0.2) is 9.78 Å². The number of aromatic carboxylic acids is 1. The smallest absolute Gasteiger partial charge is 0.347 e. The molecule has 0 spiro atoms. The summed E-state index contributed by atoms with van der Waals surface area (Å²) in [4.78, 5) is 17.2. The van der Waals surface area contributed by atoms with Crippen molar-refractivity contribution in [1.82, 2.24) is 9.88 Å². The van der Waals surface area contributed by atoms with E-state index in [4.69, 9.17) is 5.11 Å². The molecule has 0 amide bonds. The molecule has 0 fully saturated rings. The van der Waals surface area contributed by atoms with Gasteiger partial charge in [0, 0.05) is 13.1 Å². The summed E-state index contributed by atoms with van der Waals surface area (Å²) >= 11 is 1.18. The topological polar surface area (TPSA) is 65.5 Å². The molecule has 1 aromatic rings. The molecule has 0 radical (unpaired) electrons. The molecule has 0 aromatic carbocycles. The molecule has 1 rings (SSSR count). The zero-order valence-electron chi connectivity index (χ0n) is 9.07. The summed E-state index contributed by atoms with van der Waals surface area (Å²) in [7, 11) is 3.97. The number of aromatic nitrogens is 1. The van der Waals surface area contributed by atoms with E-state index in [1.807, 2.05) is 19.0 Å². The van der Waals surface area contributed by atoms with Gasteiger partial charge in [0.1, 0.15) is 4.88 Å². The third kappa shape index (κ3) is 3.49. The molecule has 84 valence electrons. The van der Waals surface area contributed by atoms with E-state index in [1.54, 1.807) is 6.92 Å². The lowest BCUT2D eigenvalue weighted by atomic mass is 10.4. The lowest BCUT2D eigenvalue weighted by Crippen LogP contribution is -2.20. The second-order valence-corrected chi connectivity index (χ2v) is 4.47. The largest absolute Gasteiger partial charge is 0.477 e. The van der Waals surface area contributed by atoms with Crippen LogP contribution in [0.5, 0.6) is 0 Å². The fourth-order valence-corrected chi connectivity index (χ4v) is 1.89. The van der Waals surface area contributed by atoms with E-state index in [1.165, 1.54) is 11.3 Å². The summed E-state index contributed by atoms with van der Waals surface area (Å²) in [6.07, 6.45) is 0. The van der Waals surface area contributed by atoms with Gasteiger partial charge in [-0.05, 0) is 21.0 Å². The van der Waals surface area contributed by atoms with Crippen LogP contribution in [0.25, 0.3) is 0 Å². The van der Waals surface area contributed by atoms with E-state index in [9.17, 15) is 4.79 Å². The van der Waals surface area contributed by atoms with Crippen LogP contribution < -0.4 is 5.32 Å². The third-order valence-corrected chi connectivity index (χ3v) is 2.93. The predicted molar refractivity (Wildman–Crippen MR) is 60.9 cm³/mol. The molecule has 0 aliphatic carbocycles. The van der Waals surface area contributed by atoms with Crippen LogP contribution in [-0.4, -0.2) is 48.1 Å². The van der Waals surface area contributed by atoms with Crippen LogP contribution >= 0.6 is 11.3 Å². The first kappa shape index (κ1) is 11.9. The van der Waals surface area contributed by atoms with Crippen LogP contribution in [0.2, 0.25) is 0 Å². The highest BCUT2D eigenvalue weighted by molar-refractivity contribution is 7.17. The minimum Gasteiger partial charge on any atom is -0.477 e. The number of nitrogens with one attached hydrogen (secondary N) is 1. The number of rotatable bonds is 5. The van der Waals surface area contributed by atoms with Gasteiger partial charge < -0.3 is 15.3 Å². The van der Waals surface area contributed by atoms with Crippen molar-refractivity contribution in [1.29, 1.82) is 0 Å². The van der Waals surface area contributed by atoms with Crippen molar-refractivity contribution >= 4 is 22.4 Å². The summed E-state index contributed by atoms with van der Waals surface area (Å²) in [5.74, 6) is -0.911. The molecule has 0 aliphatic heterocycles. The Morgan fingerprint density at radius 3 is 2.73 bits per heavy atom. The number of anilines is 1. The second-order valence-electron chi connectivity index (χ2n) is 3.47. The Morgan fingerprint density at radius 1 is 1.60 bits per heavy atom. The van der Waals surface area contributed by atoms with Gasteiger partial charge in [-0.2, -0.15) is 0 Å². The molecule has 1 heterocycles. The molecule has 5 nitrogen and oxygen atoms in total. The summed E-state index contributed by atoms with van der Waals surface area (Å²) in [5, 5.41) is 12.6. The average molecular weight is 229 g/mol. The van der Waals surface area contributed by atoms with Crippen LogP contribution in [-0.2, 0) is 0 Å². The monoisotopic (exact) mass is 229 g/mol. The zero-order valence-corrected chi connectivity index (χ0v) is 9.89. The second kappa shape index (κ2) is 5.09. The summed E-state index contributed by atoms with van der Waals surface area (Å²) in [5.41, 5.74) is 0.569. The van der Waals surface area contributed by atoms with Crippen molar-refractivity contribution in [2.24, 2.45) is 0 Å². The van der Waals surface area contributed by atoms with E-state index < -0.39 is 5.97 Å². The van der Waals surface area contributed by atoms with Gasteiger partial charge in [-0.3, -0.25) is 0 Å². The van der Waals surface area contributed by atoms with Crippen molar-refractivity contribution in [2.75, 3.05) is 32.5 Å². The maximum atomic E-state index is 10.8. The molecule has 15 heavy (non-hydrogen) atoms. The van der Waals surface area contributed by atoms with Gasteiger partial charge in [0.25, 0.3) is 0 Å². The van der Waals surface area contributed by atoms with Crippen LogP contribution in [0, 0.1) is 6.92 Å². The van der Waals surface area contributed by atoms with E-state index in [-0.39, 0.29) is 0 Å². The zero-order chi connectivity index (χ0) is 11.4. The number of aryl methyl sites for hydroxylation is 1. The first-order valence-electron chi connectivity index (χ1n) is 4.60. The van der Waals surface area contributed by atoms with Crippen molar-refractivity contribution in [3.8, 4) is 0 Å². The molecule has 6 heteroatoms. The first-order valence-corrected chi connectivity index (χ1v) is 5.41. The van der Waals surface area contributed by atoms with Crippen molar-refractivity contribution in [3.05, 3.63) is 10.6 Å². The highest BCUT2D eigenvalue weighted by Gasteiger charge is 2.13. The molecular formula is C9H15N3O2S. The fourth-order valence-electron chi connectivity index (χ4n) is 1.06. The van der Waals surface area contributed by atoms with Gasteiger partial charge in [-0.15, -0.1) is 0 Å². The molecule has 0 unspecified atom stereocenters. The summed E-state index contributed by atoms with van der Waals surface area (Å²) in [6.45, 7) is 3.36. The number of carbonyl (C=O) groups is 1. The quantitative estimate of drug-likeness (QED) is 0.792. The number of likely N-dealkylation sites (N-methyl/N-ethyl adjacent to an activating group) is 1. The number of hydrogen-bond donors (Lipinski definition) is 2. The Labute approximate surface area is 92.7 Å². The standard InChI is InChI=1S/C9H15N3O2S/c1-6-7(8(13)14)15-9(11-6)10-4-5-12(2)3/h4-5H2,1-3H3,(H,10,11)(H,13,14). The van der Waals surface area contributed by atoms with E-state index >= 15 is 0 Å². The number of carboxylic acids is 1. The first-order chi connectivity index (χ1) is 7.00. The average Bonchev–Trinajstić information content (AvgIpc) is 2.46. The summed E-state index contributed by atoms with van der Waals surface area (Å²) < 4.78 is 0. The third-order valence-electron chi connectivity index (χ3n) is 1.83. The van der Waals surface area contributed by atoms with Gasteiger partial charge in [0.05, 0.1) is 5.69 Å². The molecule has 2 N–H and O–H groups in total. The van der Waals surface area contributed by atoms with E-state index in [0.717, 1.165) is 13.1 Å². The lowest BCUT2D eigenvalue weighted by molar-refractivity contribution is 0.0701. The SMILES string of the molecule is Cc1nc(NCCN(C)C)sc1C(=O)O. The molecule has 0 aliphatic rings. The van der Waals surface area contributed by atoms with Crippen molar-refractivity contribution < 1.29 is 9.90 Å². The Hall–Kier alpha value is -1.14. The number of hydrogen-bond acceptors (Lipinski definition) is 5. The normalized spacial score (nSPS) is 10.7. The molecule has 0 saturated carbocycles. The molecular weight excluding hydrogens is 214 g/mol. The van der Waals surface area contributed by atoms with Gasteiger partial charge in [0.15, 0.2) is 5.13 Å². The minimum absolute atomic E-state index is 0.308. The van der Waals surface area contributed by atoms with Gasteiger partial charge in [0.2, 0.25) is 0 Å². The van der Waals surface area contributed by atoms with Crippen LogP contribution in [0.15, 0.2) is 0 Å². The predicted octanol–water partition coefficient (Wildman–Crippen LogP) is 1.12. The number of nitrogens with zero attached hydrogens (tertiary/aromatic N) is 2. The Morgan fingerprint density at radius 2 is 2.27 bits per heavy atom. The number of thiazole rings is 1. The summed E-state index contributed by atoms with van der Waals surface area (Å²) in [6, 6.07) is 0. The van der Waals surface area contributed by atoms with Gasteiger partial charge in [-0.1, -0.05) is 11.3 Å². The van der Waals surface area contributed by atoms with Gasteiger partial charge >= 0.3 is 5.97 Å². The van der Waals surface area contributed by atoms with Crippen LogP contribution in [0.4, 0.5) is 5.13 Å². The maximum Gasteiger partial charge on any atom is 0.347 e. The highest BCUT2D eigenvalue weighted by atomic mass is 32.1. The van der Waals surface area contributed by atoms with Crippen molar-refractivity contribution in [2.45, 2.75) is 6.92 Å². The highest BCUT2D eigenvalue weighted by Crippen LogP contribution is 2.21. The lowest BCUT2D eigenvalue weighted by Gasteiger charge is -2.08.